The zero-order valence-electron chi connectivity index (χ0n) is 9.58. The van der Waals surface area contributed by atoms with Gasteiger partial charge >= 0.3 is 0 Å². The molecule has 0 atom stereocenters. The lowest BCUT2D eigenvalue weighted by molar-refractivity contribution is 0.102. The van der Waals surface area contributed by atoms with Crippen LogP contribution in [0.25, 0.3) is 0 Å². The van der Waals surface area contributed by atoms with Gasteiger partial charge in [-0.25, -0.2) is 4.98 Å². The number of rotatable bonds is 2. The van der Waals surface area contributed by atoms with E-state index in [2.05, 4.69) is 26.2 Å². The van der Waals surface area contributed by atoms with Gasteiger partial charge in [0.25, 0.3) is 5.91 Å². The smallest absolute Gasteiger partial charge is 0.275 e. The summed E-state index contributed by atoms with van der Waals surface area (Å²) < 4.78 is 0.644. The highest BCUT2D eigenvalue weighted by Crippen LogP contribution is 2.24. The molecular weight excluding hydrogens is 316 g/mol. The van der Waals surface area contributed by atoms with Crippen molar-refractivity contribution >= 4 is 39.1 Å². The summed E-state index contributed by atoms with van der Waals surface area (Å²) in [6, 6.07) is 8.96. The fraction of sp³-hybridized carbons (Fsp3) is 0.0769. The van der Waals surface area contributed by atoms with E-state index in [0.717, 1.165) is 5.56 Å². The van der Waals surface area contributed by atoms with Crippen LogP contribution in [-0.2, 0) is 0 Å². The van der Waals surface area contributed by atoms with Crippen LogP contribution in [0.15, 0.2) is 41.0 Å². The molecule has 0 aliphatic carbocycles. The van der Waals surface area contributed by atoms with Crippen LogP contribution in [-0.4, -0.2) is 10.9 Å². The molecule has 0 radical (unpaired) electrons. The Kier molecular flexibility index (Phi) is 3.99. The zero-order valence-corrected chi connectivity index (χ0v) is 11.9. The summed E-state index contributed by atoms with van der Waals surface area (Å²) in [5.41, 5.74) is 1.94. The Bertz CT molecular complexity index is 601. The third-order valence-electron chi connectivity index (χ3n) is 2.35. The second-order valence-corrected chi connectivity index (χ2v) is 5.03. The molecule has 0 aliphatic rings. The van der Waals surface area contributed by atoms with E-state index in [4.69, 9.17) is 11.6 Å². The molecule has 5 heteroatoms. The van der Waals surface area contributed by atoms with Gasteiger partial charge in [0.05, 0.1) is 10.7 Å². The first kappa shape index (κ1) is 13.1. The van der Waals surface area contributed by atoms with Crippen molar-refractivity contribution in [2.75, 3.05) is 5.32 Å². The average Bonchev–Trinajstić information content (AvgIpc) is 2.33. The molecule has 1 aromatic carbocycles. The molecular formula is C13H10BrClN2O. The van der Waals surface area contributed by atoms with Gasteiger partial charge in [-0.2, -0.15) is 0 Å². The average molecular weight is 326 g/mol. The number of benzene rings is 1. The Labute approximate surface area is 118 Å². The summed E-state index contributed by atoms with van der Waals surface area (Å²) in [5.74, 6) is -0.298. The van der Waals surface area contributed by atoms with Gasteiger partial charge in [0, 0.05) is 10.7 Å². The summed E-state index contributed by atoms with van der Waals surface area (Å²) >= 11 is 9.34. The summed E-state index contributed by atoms with van der Waals surface area (Å²) in [5, 5.41) is 3.24. The molecule has 3 nitrogen and oxygen atoms in total. The minimum Gasteiger partial charge on any atom is -0.319 e. The highest BCUT2D eigenvalue weighted by molar-refractivity contribution is 9.10. The predicted octanol–water partition coefficient (Wildman–Crippen LogP) is 4.06. The van der Waals surface area contributed by atoms with Crippen LogP contribution in [0.1, 0.15) is 16.1 Å². The van der Waals surface area contributed by atoms with Gasteiger partial charge in [0.2, 0.25) is 0 Å². The molecule has 1 amide bonds. The molecule has 2 aromatic rings. The van der Waals surface area contributed by atoms with E-state index in [1.165, 1.54) is 0 Å². The molecule has 92 valence electrons. The number of nitrogens with one attached hydrogen (secondary N) is 1. The Balaban J connectivity index is 2.24. The van der Waals surface area contributed by atoms with E-state index in [-0.39, 0.29) is 5.91 Å². The number of halogens is 2. The fourth-order valence-corrected chi connectivity index (χ4v) is 2.17. The summed E-state index contributed by atoms with van der Waals surface area (Å²) in [6.45, 7) is 1.94. The predicted molar refractivity (Wildman–Crippen MR) is 76.1 cm³/mol. The van der Waals surface area contributed by atoms with Crippen molar-refractivity contribution in [3.8, 4) is 0 Å². The van der Waals surface area contributed by atoms with Crippen molar-refractivity contribution in [2.24, 2.45) is 0 Å². The first-order valence-electron chi connectivity index (χ1n) is 5.26. The Hall–Kier alpha value is -1.39. The number of pyridine rings is 1. The number of aryl methyl sites for hydroxylation is 1. The van der Waals surface area contributed by atoms with E-state index < -0.39 is 0 Å². The van der Waals surface area contributed by atoms with Gasteiger partial charge in [-0.3, -0.25) is 4.79 Å². The molecule has 1 N–H and O–H groups in total. The van der Waals surface area contributed by atoms with Crippen molar-refractivity contribution in [2.45, 2.75) is 6.92 Å². The molecule has 0 unspecified atom stereocenters. The van der Waals surface area contributed by atoms with Crippen molar-refractivity contribution in [1.29, 1.82) is 0 Å². The van der Waals surface area contributed by atoms with Gasteiger partial charge in [-0.15, -0.1) is 0 Å². The van der Waals surface area contributed by atoms with Gasteiger partial charge < -0.3 is 5.32 Å². The highest BCUT2D eigenvalue weighted by atomic mass is 79.9. The van der Waals surface area contributed by atoms with E-state index >= 15 is 0 Å². The quantitative estimate of drug-likeness (QED) is 0.905. The first-order valence-corrected chi connectivity index (χ1v) is 6.43. The van der Waals surface area contributed by atoms with Gasteiger partial charge in [0.15, 0.2) is 0 Å². The van der Waals surface area contributed by atoms with Crippen LogP contribution >= 0.6 is 27.5 Å². The molecule has 0 bridgehead atoms. The van der Waals surface area contributed by atoms with Crippen LogP contribution in [0.2, 0.25) is 5.02 Å². The molecule has 0 saturated heterocycles. The fourth-order valence-electron chi connectivity index (χ4n) is 1.46. The van der Waals surface area contributed by atoms with Crippen molar-refractivity contribution in [1.82, 2.24) is 4.98 Å². The lowest BCUT2D eigenvalue weighted by Crippen LogP contribution is -2.14. The summed E-state index contributed by atoms with van der Waals surface area (Å²) in [6.07, 6.45) is 1.57. The maximum atomic E-state index is 12.0. The molecule has 0 aliphatic heterocycles. The second-order valence-electron chi connectivity index (χ2n) is 3.77. The van der Waals surface area contributed by atoms with Crippen molar-refractivity contribution < 1.29 is 4.79 Å². The number of anilines is 1. The number of nitrogens with zero attached hydrogens (tertiary/aromatic N) is 1. The molecule has 0 saturated carbocycles. The highest BCUT2D eigenvalue weighted by Gasteiger charge is 2.12. The van der Waals surface area contributed by atoms with E-state index in [0.29, 0.717) is 20.9 Å². The molecule has 2 rings (SSSR count). The number of hydrogen-bond donors (Lipinski definition) is 1. The van der Waals surface area contributed by atoms with Crippen LogP contribution in [0.4, 0.5) is 5.69 Å². The van der Waals surface area contributed by atoms with Gasteiger partial charge in [-0.1, -0.05) is 17.7 Å². The summed E-state index contributed by atoms with van der Waals surface area (Å²) in [7, 11) is 0. The van der Waals surface area contributed by atoms with Gasteiger partial charge in [0.1, 0.15) is 5.69 Å². The van der Waals surface area contributed by atoms with E-state index in [9.17, 15) is 4.79 Å². The number of aromatic nitrogens is 1. The topological polar surface area (TPSA) is 42.0 Å². The third-order valence-corrected chi connectivity index (χ3v) is 3.30. The lowest BCUT2D eigenvalue weighted by atomic mass is 10.2. The third kappa shape index (κ3) is 2.89. The molecule has 0 spiro atoms. The molecule has 18 heavy (non-hydrogen) atoms. The normalized spacial score (nSPS) is 10.2. The standard InChI is InChI=1S/C13H10BrClN2O/c1-8-4-5-11(10(15)7-8)17-13(18)12-9(14)3-2-6-16-12/h2-7H,1H3,(H,17,18). The molecule has 0 fully saturated rings. The van der Waals surface area contributed by atoms with E-state index in [1.807, 2.05) is 13.0 Å². The Morgan fingerprint density at radius 2 is 2.17 bits per heavy atom. The maximum Gasteiger partial charge on any atom is 0.275 e. The van der Waals surface area contributed by atoms with Crippen LogP contribution in [0, 0.1) is 6.92 Å². The van der Waals surface area contributed by atoms with Crippen LogP contribution in [0.5, 0.6) is 0 Å². The van der Waals surface area contributed by atoms with Gasteiger partial charge in [-0.05, 0) is 52.7 Å². The Morgan fingerprint density at radius 1 is 1.39 bits per heavy atom. The Morgan fingerprint density at radius 3 is 2.83 bits per heavy atom. The second kappa shape index (κ2) is 5.50. The molecule has 1 aromatic heterocycles. The first-order chi connectivity index (χ1) is 8.58. The number of hydrogen-bond acceptors (Lipinski definition) is 2. The number of amides is 1. The molecule has 1 heterocycles. The summed E-state index contributed by atoms with van der Waals surface area (Å²) in [4.78, 5) is 16.0. The largest absolute Gasteiger partial charge is 0.319 e. The van der Waals surface area contributed by atoms with E-state index in [1.54, 1.807) is 30.5 Å². The minimum atomic E-state index is -0.298. The SMILES string of the molecule is Cc1ccc(NC(=O)c2ncccc2Br)c(Cl)c1. The number of carbonyl (C=O) groups excluding carboxylic acids is 1. The zero-order chi connectivity index (χ0) is 13.1. The van der Waals surface area contributed by atoms with Crippen molar-refractivity contribution in [3.63, 3.8) is 0 Å². The van der Waals surface area contributed by atoms with Crippen LogP contribution < -0.4 is 5.32 Å². The van der Waals surface area contributed by atoms with Crippen LogP contribution in [0.3, 0.4) is 0 Å². The lowest BCUT2D eigenvalue weighted by Gasteiger charge is -2.08. The maximum absolute atomic E-state index is 12.0. The minimum absolute atomic E-state index is 0.298. The number of carbonyl (C=O) groups is 1. The monoisotopic (exact) mass is 324 g/mol. The van der Waals surface area contributed by atoms with Crippen molar-refractivity contribution in [3.05, 3.63) is 57.3 Å².